The van der Waals surface area contributed by atoms with Crippen LogP contribution in [0.15, 0.2) is 28.4 Å². The van der Waals surface area contributed by atoms with Crippen molar-refractivity contribution >= 4 is 32.9 Å². The van der Waals surface area contributed by atoms with Gasteiger partial charge in [0.2, 0.25) is 0 Å². The summed E-state index contributed by atoms with van der Waals surface area (Å²) in [5.41, 5.74) is -3.98. The zero-order valence-corrected chi connectivity index (χ0v) is 18.6. The molecule has 0 aliphatic carbocycles. The zero-order valence-electron chi connectivity index (χ0n) is 14.1. The number of hydrogen-bond acceptors (Lipinski definition) is 7. The second kappa shape index (κ2) is 7.84. The Morgan fingerprint density at radius 1 is 0.900 bits per heavy atom. The Labute approximate surface area is 167 Å². The minimum atomic E-state index is -5.98. The van der Waals surface area contributed by atoms with Crippen molar-refractivity contribution in [1.29, 1.82) is 0 Å². The molecule has 0 radical (unpaired) electrons. The van der Waals surface area contributed by atoms with Gasteiger partial charge < -0.3 is 0 Å². The van der Waals surface area contributed by atoms with E-state index in [1.165, 1.54) is 0 Å². The van der Waals surface area contributed by atoms with Crippen molar-refractivity contribution in [3.63, 3.8) is 0 Å². The van der Waals surface area contributed by atoms with Gasteiger partial charge in [0.05, 0.1) is 0 Å². The normalized spacial score (nSPS) is 15.4. The maximum atomic E-state index is 13.2. The Kier molecular flexibility index (Phi) is 6.30. The van der Waals surface area contributed by atoms with Crippen LogP contribution in [0.25, 0.3) is 0 Å². The van der Waals surface area contributed by atoms with Crippen LogP contribution in [0.3, 0.4) is 0 Å². The molecule has 1 aliphatic rings. The van der Waals surface area contributed by atoms with E-state index in [-0.39, 0.29) is 0 Å². The van der Waals surface area contributed by atoms with Crippen molar-refractivity contribution in [2.24, 2.45) is 10.2 Å². The van der Waals surface area contributed by atoms with Crippen molar-refractivity contribution in [2.45, 2.75) is 24.6 Å². The van der Waals surface area contributed by atoms with Gasteiger partial charge in [-0.15, -0.1) is 0 Å². The van der Waals surface area contributed by atoms with Crippen LogP contribution in [0.2, 0.25) is 0 Å². The fraction of sp³-hybridized carbons (Fsp3) is 0.385. The molecule has 0 aromatic heterocycles. The van der Waals surface area contributed by atoms with Crippen LogP contribution in [0.4, 0.5) is 49.1 Å². The molecule has 0 unspecified atom stereocenters. The molecule has 7 nitrogen and oxygen atoms in total. The predicted octanol–water partition coefficient (Wildman–Crippen LogP) is 4.05. The van der Waals surface area contributed by atoms with E-state index in [1.807, 2.05) is 0 Å². The summed E-state index contributed by atoms with van der Waals surface area (Å²) >= 11 is -5.98. The average molecular weight is 646 g/mol. The zero-order chi connectivity index (χ0) is 23.1. The van der Waals surface area contributed by atoms with Gasteiger partial charge in [-0.3, -0.25) is 0 Å². The van der Waals surface area contributed by atoms with Gasteiger partial charge in [0.1, 0.15) is 0 Å². The van der Waals surface area contributed by atoms with E-state index in [2.05, 4.69) is 19.7 Å². The van der Waals surface area contributed by atoms with E-state index in [4.69, 9.17) is 4.74 Å². The van der Waals surface area contributed by atoms with E-state index >= 15 is 0 Å². The summed E-state index contributed by atoms with van der Waals surface area (Å²) in [6, 6.07) is 1.84. The van der Waals surface area contributed by atoms with Crippen molar-refractivity contribution in [3.05, 3.63) is 23.8 Å². The third-order valence-corrected chi connectivity index (χ3v) is 12.3. The SMILES string of the molecule is COc1ccc(C2(C(F)(F)F)N=N2)c[c]1[Tl]([C](=O)OC(F)(F)F)[C](=O)OC(F)(F)F. The number of benzene rings is 1. The van der Waals surface area contributed by atoms with E-state index < -0.39 is 68.8 Å². The quantitative estimate of drug-likeness (QED) is 0.357. The van der Waals surface area contributed by atoms with Crippen LogP contribution in [-0.4, -0.2) is 55.8 Å². The van der Waals surface area contributed by atoms with E-state index in [9.17, 15) is 49.1 Å². The third kappa shape index (κ3) is 5.31. The number of carbonyl (C=O) groups excluding carboxylic acids is 2. The summed E-state index contributed by atoms with van der Waals surface area (Å²) in [4.78, 5) is 23.8. The molecule has 0 bridgehead atoms. The van der Waals surface area contributed by atoms with Gasteiger partial charge in [-0.05, 0) is 0 Å². The first-order chi connectivity index (χ1) is 13.5. The Morgan fingerprint density at radius 3 is 1.70 bits per heavy atom. The minimum absolute atomic E-state index is 0.397. The number of methoxy groups -OCH3 is 1. The first-order valence-electron chi connectivity index (χ1n) is 7.29. The van der Waals surface area contributed by atoms with Gasteiger partial charge in [-0.1, -0.05) is 0 Å². The monoisotopic (exact) mass is 646 g/mol. The molecule has 0 amide bonds. The number of nitrogens with zero attached hydrogens (tertiary/aromatic N) is 2. The molecule has 164 valence electrons. The molecule has 30 heavy (non-hydrogen) atoms. The molecular weight excluding hydrogens is 640 g/mol. The number of rotatable bonds is 5. The molecule has 0 fully saturated rings. The van der Waals surface area contributed by atoms with Gasteiger partial charge in [0.15, 0.2) is 0 Å². The Morgan fingerprint density at radius 2 is 1.37 bits per heavy atom. The second-order valence-electron chi connectivity index (χ2n) is 5.49. The molecule has 1 heterocycles. The Hall–Kier alpha value is -2.15. The molecule has 0 spiro atoms. The summed E-state index contributed by atoms with van der Waals surface area (Å²) < 4.78 is 119. The third-order valence-electron chi connectivity index (χ3n) is 3.54. The van der Waals surface area contributed by atoms with E-state index in [0.29, 0.717) is 6.07 Å². The van der Waals surface area contributed by atoms with Crippen molar-refractivity contribution in [3.8, 4) is 5.75 Å². The van der Waals surface area contributed by atoms with Crippen LogP contribution in [0, 0.1) is 0 Å². The van der Waals surface area contributed by atoms with Crippen LogP contribution >= 0.6 is 0 Å². The summed E-state index contributed by atoms with van der Waals surface area (Å²) in [7, 11) is 0.860. The maximum absolute atomic E-state index is 13.2. The van der Waals surface area contributed by atoms with E-state index in [1.54, 1.807) is 0 Å². The average Bonchev–Trinajstić information content (AvgIpc) is 3.32. The second-order valence-corrected chi connectivity index (χ2v) is 14.9. The number of carbonyl (C=O) groups is 2. The summed E-state index contributed by atoms with van der Waals surface area (Å²) in [5, 5.41) is 5.66. The van der Waals surface area contributed by atoms with Gasteiger partial charge in [0, 0.05) is 0 Å². The van der Waals surface area contributed by atoms with Gasteiger partial charge >= 0.3 is 168 Å². The molecular formula is C13H6F9N2O5Tl. The fourth-order valence-electron chi connectivity index (χ4n) is 2.32. The van der Waals surface area contributed by atoms with Crippen molar-refractivity contribution in [1.82, 2.24) is 0 Å². The van der Waals surface area contributed by atoms with Crippen LogP contribution in [0.5, 0.6) is 5.75 Å². The molecule has 0 N–H and O–H groups in total. The molecule has 0 saturated carbocycles. The molecule has 17 heteroatoms. The number of ether oxygens (including phenoxy) is 3. The summed E-state index contributed by atoms with van der Waals surface area (Å²) in [6.45, 7) is 0. The van der Waals surface area contributed by atoms with Gasteiger partial charge in [0.25, 0.3) is 0 Å². The molecule has 0 saturated heterocycles. The van der Waals surface area contributed by atoms with Crippen LogP contribution in [-0.2, 0) is 15.1 Å². The van der Waals surface area contributed by atoms with Gasteiger partial charge in [-0.2, -0.15) is 0 Å². The molecule has 1 aromatic carbocycles. The molecule has 1 aliphatic heterocycles. The molecule has 0 atom stereocenters. The van der Waals surface area contributed by atoms with Crippen molar-refractivity contribution in [2.75, 3.05) is 7.11 Å². The first-order valence-corrected chi connectivity index (χ1v) is 14.0. The fourth-order valence-corrected chi connectivity index (χ4v) is 10.3. The van der Waals surface area contributed by atoms with Crippen LogP contribution < -0.4 is 7.86 Å². The molecule has 2 rings (SSSR count). The number of halogens is 9. The van der Waals surface area contributed by atoms with Crippen LogP contribution in [0.1, 0.15) is 5.56 Å². The van der Waals surface area contributed by atoms with Crippen molar-refractivity contribution < 1.29 is 63.3 Å². The first kappa shape index (κ1) is 24.1. The Bertz CT molecular complexity index is 847. The molecule has 1 aromatic rings. The number of hydrogen-bond donors (Lipinski definition) is 0. The topological polar surface area (TPSA) is 86.5 Å². The Balaban J connectivity index is 2.60. The summed E-state index contributed by atoms with van der Waals surface area (Å²) in [5.74, 6) is -0.610. The number of alkyl halides is 9. The van der Waals surface area contributed by atoms with E-state index in [0.717, 1.165) is 19.2 Å². The predicted molar refractivity (Wildman–Crippen MR) is 76.0 cm³/mol. The van der Waals surface area contributed by atoms with Gasteiger partial charge in [-0.25, -0.2) is 0 Å². The summed E-state index contributed by atoms with van der Waals surface area (Å²) in [6.07, 6.45) is -16.5. The standard InChI is InChI=1S/C9H6F3N2O.2C2F3O2.Tl/c1-15-7-4-2-6(3-5-7)8(13-14-8)9(10,11)12;2*3-2(4,5)7-1-6;/h2-4H,1H3;;;.